The van der Waals surface area contributed by atoms with Crippen LogP contribution in [-0.4, -0.2) is 41.2 Å². The van der Waals surface area contributed by atoms with E-state index in [-0.39, 0.29) is 13.2 Å². The van der Waals surface area contributed by atoms with Crippen molar-refractivity contribution in [1.82, 2.24) is 15.5 Å². The van der Waals surface area contributed by atoms with Crippen LogP contribution in [0, 0.1) is 6.92 Å². The summed E-state index contributed by atoms with van der Waals surface area (Å²) in [5, 5.41) is 11.0. The average Bonchev–Trinajstić information content (AvgIpc) is 3.30. The van der Waals surface area contributed by atoms with E-state index >= 15 is 0 Å². The van der Waals surface area contributed by atoms with Crippen LogP contribution in [0.3, 0.4) is 0 Å². The third-order valence-corrected chi connectivity index (χ3v) is 6.37. The summed E-state index contributed by atoms with van der Waals surface area (Å²) in [6.45, 7) is 10.5. The van der Waals surface area contributed by atoms with E-state index in [0.29, 0.717) is 0 Å². The molecule has 0 radical (unpaired) electrons. The van der Waals surface area contributed by atoms with Crippen molar-refractivity contribution < 1.29 is 18.8 Å². The molecule has 3 aromatic rings. The molecule has 172 valence electrons. The molecule has 8 heteroatoms. The number of rotatable bonds is 6. The summed E-state index contributed by atoms with van der Waals surface area (Å²) in [5.74, 6) is 0. The van der Waals surface area contributed by atoms with Gasteiger partial charge in [0.15, 0.2) is 0 Å². The molecule has 1 aliphatic rings. The first-order valence-electron chi connectivity index (χ1n) is 11.1. The lowest BCUT2D eigenvalue weighted by molar-refractivity contribution is 0.00578. The van der Waals surface area contributed by atoms with Gasteiger partial charge in [-0.1, -0.05) is 36.4 Å². The number of fused-ring (bicyclic) bond motifs is 1. The topological polar surface area (TPSA) is 85.5 Å². The smallest absolute Gasteiger partial charge is 0.445 e. The number of aromatic nitrogens is 2. The van der Waals surface area contributed by atoms with Crippen LogP contribution in [0.4, 0.5) is 4.79 Å². The van der Waals surface area contributed by atoms with Gasteiger partial charge in [-0.05, 0) is 68.9 Å². The lowest BCUT2D eigenvalue weighted by Crippen LogP contribution is -2.41. The van der Waals surface area contributed by atoms with E-state index in [9.17, 15) is 4.79 Å². The lowest BCUT2D eigenvalue weighted by atomic mass is 9.76. The fraction of sp³-hybridized carbons (Fsp3) is 0.360. The second-order valence-corrected chi connectivity index (χ2v) is 9.39. The molecule has 0 spiro atoms. The second kappa shape index (κ2) is 9.04. The number of aromatic amines is 1. The molecule has 2 N–H and O–H groups in total. The number of carbonyl (C=O) groups excluding carboxylic acids is 1. The van der Waals surface area contributed by atoms with Crippen molar-refractivity contribution >= 4 is 30.2 Å². The lowest BCUT2D eigenvalue weighted by Gasteiger charge is -2.32. The van der Waals surface area contributed by atoms with Crippen LogP contribution in [0.5, 0.6) is 0 Å². The van der Waals surface area contributed by atoms with Gasteiger partial charge in [-0.2, -0.15) is 5.10 Å². The van der Waals surface area contributed by atoms with Crippen LogP contribution in [0.1, 0.15) is 44.4 Å². The molecule has 0 aliphatic carbocycles. The minimum absolute atomic E-state index is 0.207. The third kappa shape index (κ3) is 5.12. The highest BCUT2D eigenvalue weighted by atomic mass is 16.7. The Bertz CT molecular complexity index is 1150. The fourth-order valence-corrected chi connectivity index (χ4v) is 3.62. The Hall–Kier alpha value is -3.10. The van der Waals surface area contributed by atoms with Gasteiger partial charge in [-0.15, -0.1) is 0 Å². The standard InChI is InChI=1S/C25H30BN3O4/c1-17-11-22-20(14-28-29-22)12-19(17)13-21(26-32-24(2,3)25(4,5)33-26)15-27-23(30)31-16-18-9-7-6-8-10-18/h6-14H,15-16H2,1-5H3,(H,27,30)(H,28,29). The number of ether oxygens (including phenoxy) is 1. The number of carbonyl (C=O) groups is 1. The first-order chi connectivity index (χ1) is 15.6. The molecule has 7 nitrogen and oxygen atoms in total. The van der Waals surface area contributed by atoms with Crippen molar-refractivity contribution in [2.75, 3.05) is 6.54 Å². The van der Waals surface area contributed by atoms with E-state index in [1.165, 1.54) is 0 Å². The Labute approximate surface area is 194 Å². The molecule has 1 saturated heterocycles. The van der Waals surface area contributed by atoms with E-state index in [2.05, 4.69) is 27.6 Å². The van der Waals surface area contributed by atoms with Crippen LogP contribution in [0.25, 0.3) is 17.0 Å². The quantitative estimate of drug-likeness (QED) is 0.530. The Kier molecular flexibility index (Phi) is 6.32. The van der Waals surface area contributed by atoms with Gasteiger partial charge in [0.25, 0.3) is 0 Å². The molecule has 0 saturated carbocycles. The van der Waals surface area contributed by atoms with Crippen molar-refractivity contribution in [3.63, 3.8) is 0 Å². The number of alkyl carbamates (subject to hydrolysis) is 1. The number of H-pyrrole nitrogens is 1. The van der Waals surface area contributed by atoms with Crippen molar-refractivity contribution in [2.45, 2.75) is 52.4 Å². The molecule has 1 aromatic heterocycles. The predicted octanol–water partition coefficient (Wildman–Crippen LogP) is 4.81. The highest BCUT2D eigenvalue weighted by Gasteiger charge is 2.52. The highest BCUT2D eigenvalue weighted by Crippen LogP contribution is 2.39. The SMILES string of the molecule is Cc1cc2[nH]ncc2cc1C=C(CNC(=O)OCc1ccccc1)B1OC(C)(C)C(C)(C)O1. The van der Waals surface area contributed by atoms with Crippen molar-refractivity contribution in [2.24, 2.45) is 0 Å². The molecule has 1 amide bonds. The maximum atomic E-state index is 12.4. The van der Waals surface area contributed by atoms with Gasteiger partial charge in [-0.25, -0.2) is 4.79 Å². The minimum Gasteiger partial charge on any atom is -0.445 e. The normalized spacial score (nSPS) is 17.4. The maximum Gasteiger partial charge on any atom is 0.492 e. The van der Waals surface area contributed by atoms with Crippen LogP contribution < -0.4 is 5.32 Å². The number of nitrogens with one attached hydrogen (secondary N) is 2. The average molecular weight is 447 g/mol. The highest BCUT2D eigenvalue weighted by molar-refractivity contribution is 6.56. The Balaban J connectivity index is 1.54. The van der Waals surface area contributed by atoms with Gasteiger partial charge in [0.05, 0.1) is 22.9 Å². The maximum absolute atomic E-state index is 12.4. The van der Waals surface area contributed by atoms with E-state index in [1.54, 1.807) is 6.20 Å². The van der Waals surface area contributed by atoms with E-state index < -0.39 is 24.4 Å². The zero-order valence-electron chi connectivity index (χ0n) is 19.8. The Morgan fingerprint density at radius 1 is 1.15 bits per heavy atom. The zero-order chi connectivity index (χ0) is 23.6. The van der Waals surface area contributed by atoms with Gasteiger partial charge in [-0.3, -0.25) is 5.10 Å². The molecule has 0 bridgehead atoms. The van der Waals surface area contributed by atoms with Gasteiger partial charge < -0.3 is 19.4 Å². The van der Waals surface area contributed by atoms with Crippen LogP contribution in [0.15, 0.2) is 54.1 Å². The Morgan fingerprint density at radius 2 is 1.85 bits per heavy atom. The predicted molar refractivity (Wildman–Crippen MR) is 130 cm³/mol. The molecule has 4 rings (SSSR count). The largest absolute Gasteiger partial charge is 0.492 e. The second-order valence-electron chi connectivity index (χ2n) is 9.39. The van der Waals surface area contributed by atoms with Crippen molar-refractivity contribution in [1.29, 1.82) is 0 Å². The summed E-state index contributed by atoms with van der Waals surface area (Å²) in [4.78, 5) is 12.4. The molecule has 0 atom stereocenters. The summed E-state index contributed by atoms with van der Waals surface area (Å²) in [7, 11) is -0.594. The number of hydrogen-bond acceptors (Lipinski definition) is 5. The molecule has 2 aromatic carbocycles. The first-order valence-corrected chi connectivity index (χ1v) is 11.1. The van der Waals surface area contributed by atoms with Crippen LogP contribution in [-0.2, 0) is 20.7 Å². The molecule has 2 heterocycles. The van der Waals surface area contributed by atoms with E-state index in [1.807, 2.05) is 71.0 Å². The van der Waals surface area contributed by atoms with Crippen molar-refractivity contribution in [3.05, 3.63) is 70.8 Å². The number of hydrogen-bond donors (Lipinski definition) is 2. The first kappa shape index (κ1) is 23.1. The fourth-order valence-electron chi connectivity index (χ4n) is 3.62. The molecule has 1 fully saturated rings. The van der Waals surface area contributed by atoms with Gasteiger partial charge >= 0.3 is 13.2 Å². The molecular formula is C25H30BN3O4. The number of benzene rings is 2. The molecule has 0 unspecified atom stereocenters. The summed E-state index contributed by atoms with van der Waals surface area (Å²) >= 11 is 0. The summed E-state index contributed by atoms with van der Waals surface area (Å²) in [5.41, 5.74) is 3.81. The minimum atomic E-state index is -0.594. The van der Waals surface area contributed by atoms with Gasteiger partial charge in [0.1, 0.15) is 6.61 Å². The van der Waals surface area contributed by atoms with Crippen molar-refractivity contribution in [3.8, 4) is 0 Å². The monoisotopic (exact) mass is 447 g/mol. The number of amides is 1. The van der Waals surface area contributed by atoms with Gasteiger partial charge in [0.2, 0.25) is 0 Å². The van der Waals surface area contributed by atoms with Crippen LogP contribution >= 0.6 is 0 Å². The number of aryl methyl sites for hydroxylation is 1. The van der Waals surface area contributed by atoms with Gasteiger partial charge in [0, 0.05) is 11.9 Å². The van der Waals surface area contributed by atoms with Crippen LogP contribution in [0.2, 0.25) is 0 Å². The Morgan fingerprint density at radius 3 is 2.55 bits per heavy atom. The van der Waals surface area contributed by atoms with E-state index in [4.69, 9.17) is 14.0 Å². The zero-order valence-corrected chi connectivity index (χ0v) is 19.8. The number of nitrogens with zero attached hydrogens (tertiary/aromatic N) is 1. The molecule has 1 aliphatic heterocycles. The molecule has 33 heavy (non-hydrogen) atoms. The summed E-state index contributed by atoms with van der Waals surface area (Å²) < 4.78 is 17.9. The third-order valence-electron chi connectivity index (χ3n) is 6.37. The summed E-state index contributed by atoms with van der Waals surface area (Å²) in [6.07, 6.45) is 3.31. The van der Waals surface area contributed by atoms with E-state index in [0.717, 1.165) is 33.1 Å². The molecular weight excluding hydrogens is 417 g/mol. The summed E-state index contributed by atoms with van der Waals surface area (Å²) in [6, 6.07) is 13.7.